The molecular weight excluding hydrogens is 68.0 g/mol. The van der Waals surface area contributed by atoms with Crippen LogP contribution in [0.2, 0.25) is 0 Å². The van der Waals surface area contributed by atoms with E-state index in [1.54, 1.807) is 12.4 Å². The summed E-state index contributed by atoms with van der Waals surface area (Å²) >= 11 is 0. The van der Waals surface area contributed by atoms with E-state index in [9.17, 15) is 0 Å². The van der Waals surface area contributed by atoms with Gasteiger partial charge in [-0.3, -0.25) is 0 Å². The molecule has 0 aromatic carbocycles. The molecule has 0 saturated carbocycles. The van der Waals surface area contributed by atoms with Crippen LogP contribution in [0.15, 0.2) is 0 Å². The highest BCUT2D eigenvalue weighted by Crippen LogP contribution is 1.66. The van der Waals surface area contributed by atoms with Crippen molar-refractivity contribution in [3.05, 3.63) is 6.17 Å². The number of hydroxylamine groups is 1. The van der Waals surface area contributed by atoms with Crippen LogP contribution in [0.25, 0.3) is 0 Å². The van der Waals surface area contributed by atoms with E-state index < -0.39 is 0 Å². The second kappa shape index (κ2) is 2.14. The third-order valence-electron chi connectivity index (χ3n) is 0.176. The lowest BCUT2D eigenvalue weighted by Crippen LogP contribution is -2.21. The summed E-state index contributed by atoms with van der Waals surface area (Å²) < 4.78 is 0. The summed E-state index contributed by atoms with van der Waals surface area (Å²) in [6.45, 7) is 1.56. The predicted octanol–water partition coefficient (Wildman–Crippen LogP) is -0.567. The zero-order chi connectivity index (χ0) is 4.28. The Balaban J connectivity index is 2.54. The average Bonchev–Trinajstić information content (AvgIpc) is 1.38. The maximum absolute atomic E-state index is 7.73. The molecule has 0 rings (SSSR count). The summed E-state index contributed by atoms with van der Waals surface area (Å²) in [5, 5.41) is 7.73. The van der Waals surface area contributed by atoms with Crippen LogP contribution in [-0.2, 0) is 0 Å². The Bertz CT molecular complexity index is 21.6. The molecule has 32 valence electrons. The first kappa shape index (κ1) is 4.88. The minimum atomic E-state index is 0.310. The van der Waals surface area contributed by atoms with E-state index in [1.165, 1.54) is 0 Å². The standard InChI is InChI=1S/C2H7N2O/c1-2(3)4-5/h4-5H,3H2,1H3/q-1. The Morgan fingerprint density at radius 2 is 2.20 bits per heavy atom. The van der Waals surface area contributed by atoms with Gasteiger partial charge in [0, 0.05) is 0 Å². The molecule has 0 heterocycles. The van der Waals surface area contributed by atoms with E-state index in [0.29, 0.717) is 6.17 Å². The fourth-order valence-corrected chi connectivity index (χ4v) is 0. The van der Waals surface area contributed by atoms with Gasteiger partial charge in [0.15, 0.2) is 0 Å². The monoisotopic (exact) mass is 75.1 g/mol. The second-order valence-electron chi connectivity index (χ2n) is 0.795. The van der Waals surface area contributed by atoms with Gasteiger partial charge in [0.25, 0.3) is 0 Å². The molecule has 3 nitrogen and oxygen atoms in total. The number of hydrogen-bond donors (Lipinski definition) is 3. The Labute approximate surface area is 30.7 Å². The zero-order valence-electron chi connectivity index (χ0n) is 3.02. The molecule has 0 bridgehead atoms. The fourth-order valence-electron chi connectivity index (χ4n) is 0. The molecule has 0 aliphatic rings. The highest BCUT2D eigenvalue weighted by atomic mass is 16.5. The van der Waals surface area contributed by atoms with Crippen LogP contribution in [0, 0.1) is 6.17 Å². The predicted molar refractivity (Wildman–Crippen MR) is 18.0 cm³/mol. The molecule has 0 aliphatic heterocycles. The van der Waals surface area contributed by atoms with Crippen LogP contribution < -0.4 is 11.2 Å². The molecule has 3 heteroatoms. The topological polar surface area (TPSA) is 58.3 Å². The summed E-state index contributed by atoms with van der Waals surface area (Å²) in [6, 6.07) is 0. The first-order chi connectivity index (χ1) is 2.27. The molecule has 5 heavy (non-hydrogen) atoms. The first-order valence-electron chi connectivity index (χ1n) is 1.26. The van der Waals surface area contributed by atoms with Crippen molar-refractivity contribution in [2.75, 3.05) is 0 Å². The maximum atomic E-state index is 7.73. The maximum Gasteiger partial charge on any atom is -0.162 e. The number of rotatable bonds is 1. The molecule has 0 unspecified atom stereocenters. The molecule has 0 saturated heterocycles. The van der Waals surface area contributed by atoms with Gasteiger partial charge in [-0.1, -0.05) is 0 Å². The summed E-state index contributed by atoms with van der Waals surface area (Å²) in [7, 11) is 0. The third-order valence-corrected chi connectivity index (χ3v) is 0.176. The zero-order valence-corrected chi connectivity index (χ0v) is 3.02. The van der Waals surface area contributed by atoms with Crippen molar-refractivity contribution < 1.29 is 5.21 Å². The summed E-state index contributed by atoms with van der Waals surface area (Å²) in [5.41, 5.74) is 6.57. The minimum absolute atomic E-state index is 0.310. The van der Waals surface area contributed by atoms with Gasteiger partial charge in [-0.2, -0.15) is 13.1 Å². The van der Waals surface area contributed by atoms with Crippen molar-refractivity contribution in [2.45, 2.75) is 6.92 Å². The molecule has 4 N–H and O–H groups in total. The van der Waals surface area contributed by atoms with Gasteiger partial charge < -0.3 is 16.4 Å². The molecule has 0 radical (unpaired) electrons. The van der Waals surface area contributed by atoms with Gasteiger partial charge in [0.05, 0.1) is 0 Å². The van der Waals surface area contributed by atoms with Gasteiger partial charge in [0.2, 0.25) is 0 Å². The van der Waals surface area contributed by atoms with Crippen molar-refractivity contribution in [3.8, 4) is 0 Å². The first-order valence-corrected chi connectivity index (χ1v) is 1.26. The largest absolute Gasteiger partial charge is 0.465 e. The molecular formula is C2H7N2O-. The van der Waals surface area contributed by atoms with Gasteiger partial charge in [-0.05, 0) is 0 Å². The molecule has 0 atom stereocenters. The molecule has 0 amide bonds. The minimum Gasteiger partial charge on any atom is -0.465 e. The van der Waals surface area contributed by atoms with Crippen molar-refractivity contribution in [1.82, 2.24) is 5.48 Å². The summed E-state index contributed by atoms with van der Waals surface area (Å²) in [5.74, 6) is 0. The van der Waals surface area contributed by atoms with E-state index in [4.69, 9.17) is 10.9 Å². The van der Waals surface area contributed by atoms with Gasteiger partial charge >= 0.3 is 0 Å². The molecule has 0 aromatic heterocycles. The quantitative estimate of drug-likeness (QED) is 0.289. The van der Waals surface area contributed by atoms with Crippen molar-refractivity contribution in [2.24, 2.45) is 5.73 Å². The SMILES string of the molecule is C[C-](N)NO. The van der Waals surface area contributed by atoms with Crippen LogP contribution in [0.4, 0.5) is 0 Å². The highest BCUT2D eigenvalue weighted by Gasteiger charge is 1.59. The molecule has 0 fully saturated rings. The summed E-state index contributed by atoms with van der Waals surface area (Å²) in [6.07, 6.45) is 0.310. The van der Waals surface area contributed by atoms with E-state index in [-0.39, 0.29) is 0 Å². The normalized spacial score (nSPS) is 9.60. The highest BCUT2D eigenvalue weighted by molar-refractivity contribution is 4.61. The van der Waals surface area contributed by atoms with Crippen molar-refractivity contribution in [1.29, 1.82) is 0 Å². The van der Waals surface area contributed by atoms with E-state index in [2.05, 4.69) is 0 Å². The lowest BCUT2D eigenvalue weighted by Gasteiger charge is -2.12. The third kappa shape index (κ3) is 3.88. The van der Waals surface area contributed by atoms with Gasteiger partial charge in [-0.15, -0.1) is 0 Å². The Morgan fingerprint density at radius 1 is 2.00 bits per heavy atom. The smallest absolute Gasteiger partial charge is 0.162 e. The second-order valence-corrected chi connectivity index (χ2v) is 0.795. The van der Waals surface area contributed by atoms with Crippen molar-refractivity contribution in [3.63, 3.8) is 0 Å². The van der Waals surface area contributed by atoms with Crippen LogP contribution in [0.5, 0.6) is 0 Å². The summed E-state index contributed by atoms with van der Waals surface area (Å²) in [4.78, 5) is 0. The lowest BCUT2D eigenvalue weighted by molar-refractivity contribution is 0.174. The van der Waals surface area contributed by atoms with Crippen LogP contribution in [0.1, 0.15) is 6.92 Å². The van der Waals surface area contributed by atoms with E-state index >= 15 is 0 Å². The number of nitrogens with one attached hydrogen (secondary N) is 1. The lowest BCUT2D eigenvalue weighted by atomic mass is 10.7. The van der Waals surface area contributed by atoms with Crippen LogP contribution >= 0.6 is 0 Å². The molecule has 0 aliphatic carbocycles. The average molecular weight is 75.1 g/mol. The van der Waals surface area contributed by atoms with Gasteiger partial charge in [0.1, 0.15) is 0 Å². The Kier molecular flexibility index (Phi) is 2.09. The number of hydrogen-bond acceptors (Lipinski definition) is 3. The van der Waals surface area contributed by atoms with Crippen LogP contribution in [0.3, 0.4) is 0 Å². The van der Waals surface area contributed by atoms with E-state index in [1.807, 2.05) is 0 Å². The Hall–Kier alpha value is -0.120. The number of nitrogens with two attached hydrogens (primary N) is 1. The molecule has 0 aromatic rings. The van der Waals surface area contributed by atoms with Gasteiger partial charge in [-0.25, -0.2) is 0 Å². The fraction of sp³-hybridized carbons (Fsp3) is 0.500. The van der Waals surface area contributed by atoms with Crippen LogP contribution in [-0.4, -0.2) is 5.21 Å². The van der Waals surface area contributed by atoms with E-state index in [0.717, 1.165) is 0 Å². The van der Waals surface area contributed by atoms with Crippen molar-refractivity contribution >= 4 is 0 Å². The molecule has 0 spiro atoms. The Morgan fingerprint density at radius 3 is 2.20 bits per heavy atom.